The van der Waals surface area contributed by atoms with Gasteiger partial charge in [0.05, 0.1) is 17.1 Å². The van der Waals surface area contributed by atoms with Crippen LogP contribution in [0.15, 0.2) is 0 Å². The summed E-state index contributed by atoms with van der Waals surface area (Å²) in [6, 6.07) is 0. The van der Waals surface area contributed by atoms with Crippen molar-refractivity contribution >= 4 is 28.2 Å². The maximum absolute atomic E-state index is 12.0. The van der Waals surface area contributed by atoms with Gasteiger partial charge in [-0.05, 0) is 18.4 Å². The molecule has 0 saturated carbocycles. The van der Waals surface area contributed by atoms with Crippen molar-refractivity contribution in [2.75, 3.05) is 12.3 Å². The molecule has 1 aliphatic heterocycles. The molecule has 104 valence electrons. The van der Waals surface area contributed by atoms with E-state index in [4.69, 9.17) is 11.5 Å². The van der Waals surface area contributed by atoms with E-state index < -0.39 is 5.91 Å². The Labute approximate surface area is 116 Å². The van der Waals surface area contributed by atoms with Gasteiger partial charge in [-0.3, -0.25) is 9.59 Å². The first-order chi connectivity index (χ1) is 9.04. The minimum absolute atomic E-state index is 0.181. The molecule has 0 aromatic carbocycles. The van der Waals surface area contributed by atoms with Crippen LogP contribution >= 0.6 is 11.3 Å². The molecule has 5 nitrogen and oxygen atoms in total. The number of primary amides is 1. The van der Waals surface area contributed by atoms with Crippen molar-refractivity contribution in [2.45, 2.75) is 39.2 Å². The van der Waals surface area contributed by atoms with Crippen LogP contribution in [0.1, 0.15) is 47.0 Å². The van der Waals surface area contributed by atoms with Crippen molar-refractivity contribution < 1.29 is 9.59 Å². The molecule has 0 unspecified atom stereocenters. The molecule has 1 aromatic heterocycles. The van der Waals surface area contributed by atoms with E-state index in [1.54, 1.807) is 0 Å². The standard InChI is InChI=1S/C13H19N3O2S/c1-2-3-4-10(17)16-6-5-8-9(7-16)19-13(15)11(8)12(14)18/h2-7,15H2,1H3,(H2,14,18). The van der Waals surface area contributed by atoms with Crippen molar-refractivity contribution in [1.82, 2.24) is 4.90 Å². The number of thiophene rings is 1. The first-order valence-electron chi connectivity index (χ1n) is 6.52. The number of hydrogen-bond acceptors (Lipinski definition) is 4. The second-order valence-electron chi connectivity index (χ2n) is 4.78. The number of carbonyl (C=O) groups excluding carboxylic acids is 2. The van der Waals surface area contributed by atoms with E-state index in [2.05, 4.69) is 6.92 Å². The topological polar surface area (TPSA) is 89.4 Å². The minimum atomic E-state index is -0.472. The number of nitrogen functional groups attached to an aromatic ring is 1. The van der Waals surface area contributed by atoms with E-state index >= 15 is 0 Å². The smallest absolute Gasteiger partial charge is 0.251 e. The number of nitrogens with two attached hydrogens (primary N) is 2. The van der Waals surface area contributed by atoms with Gasteiger partial charge in [0.15, 0.2) is 0 Å². The van der Waals surface area contributed by atoms with Crippen molar-refractivity contribution in [3.05, 3.63) is 16.0 Å². The Bertz CT molecular complexity index is 510. The molecule has 1 aliphatic rings. The number of anilines is 1. The van der Waals surface area contributed by atoms with Crippen LogP contribution in [-0.2, 0) is 17.8 Å². The molecular weight excluding hydrogens is 262 g/mol. The summed E-state index contributed by atoms with van der Waals surface area (Å²) in [6.45, 7) is 3.27. The lowest BCUT2D eigenvalue weighted by molar-refractivity contribution is -0.132. The molecule has 0 radical (unpaired) electrons. The molecule has 6 heteroatoms. The van der Waals surface area contributed by atoms with Gasteiger partial charge in [-0.25, -0.2) is 0 Å². The number of carbonyl (C=O) groups is 2. The molecule has 0 fully saturated rings. The van der Waals surface area contributed by atoms with Gasteiger partial charge >= 0.3 is 0 Å². The monoisotopic (exact) mass is 281 g/mol. The molecule has 2 amide bonds. The number of hydrogen-bond donors (Lipinski definition) is 2. The van der Waals surface area contributed by atoms with Gasteiger partial charge in [0.1, 0.15) is 0 Å². The summed E-state index contributed by atoms with van der Waals surface area (Å²) in [5.41, 5.74) is 12.6. The SMILES string of the molecule is CCCCC(=O)N1CCc2c(sc(N)c2C(N)=O)C1. The third-order valence-electron chi connectivity index (χ3n) is 3.43. The van der Waals surface area contributed by atoms with Crippen LogP contribution in [0, 0.1) is 0 Å². The lowest BCUT2D eigenvalue weighted by Crippen LogP contribution is -2.35. The van der Waals surface area contributed by atoms with Crippen LogP contribution in [0.5, 0.6) is 0 Å². The molecule has 2 rings (SSSR count). The van der Waals surface area contributed by atoms with Gasteiger partial charge in [-0.2, -0.15) is 0 Å². The quantitative estimate of drug-likeness (QED) is 0.876. The van der Waals surface area contributed by atoms with Crippen molar-refractivity contribution in [3.63, 3.8) is 0 Å². The molecule has 0 bridgehead atoms. The highest BCUT2D eigenvalue weighted by molar-refractivity contribution is 7.16. The van der Waals surface area contributed by atoms with Gasteiger partial charge in [0, 0.05) is 17.8 Å². The largest absolute Gasteiger partial charge is 0.390 e. The van der Waals surface area contributed by atoms with Gasteiger partial charge in [0.2, 0.25) is 5.91 Å². The van der Waals surface area contributed by atoms with Crippen LogP contribution in [-0.4, -0.2) is 23.3 Å². The molecule has 2 heterocycles. The Morgan fingerprint density at radius 3 is 2.79 bits per heavy atom. The van der Waals surface area contributed by atoms with Crippen molar-refractivity contribution in [1.29, 1.82) is 0 Å². The fraction of sp³-hybridized carbons (Fsp3) is 0.538. The van der Waals surface area contributed by atoms with Crippen LogP contribution in [0.4, 0.5) is 5.00 Å². The Balaban J connectivity index is 2.15. The van der Waals surface area contributed by atoms with E-state index in [0.29, 0.717) is 36.5 Å². The average molecular weight is 281 g/mol. The summed E-state index contributed by atoms with van der Waals surface area (Å²) < 4.78 is 0. The predicted octanol–water partition coefficient (Wildman–Crippen LogP) is 1.50. The highest BCUT2D eigenvalue weighted by atomic mass is 32.1. The zero-order valence-corrected chi connectivity index (χ0v) is 11.9. The van der Waals surface area contributed by atoms with E-state index in [0.717, 1.165) is 23.3 Å². The second-order valence-corrected chi connectivity index (χ2v) is 5.91. The number of amides is 2. The predicted molar refractivity (Wildman–Crippen MR) is 75.9 cm³/mol. The van der Waals surface area contributed by atoms with Gasteiger partial charge < -0.3 is 16.4 Å². The molecule has 4 N–H and O–H groups in total. The van der Waals surface area contributed by atoms with Crippen LogP contribution < -0.4 is 11.5 Å². The zero-order valence-electron chi connectivity index (χ0n) is 11.1. The molecule has 1 aromatic rings. The van der Waals surface area contributed by atoms with Gasteiger partial charge in [-0.1, -0.05) is 13.3 Å². The van der Waals surface area contributed by atoms with Gasteiger partial charge in [-0.15, -0.1) is 11.3 Å². The zero-order chi connectivity index (χ0) is 14.0. The van der Waals surface area contributed by atoms with E-state index in [9.17, 15) is 9.59 Å². The third kappa shape index (κ3) is 2.73. The fourth-order valence-corrected chi connectivity index (χ4v) is 3.53. The maximum Gasteiger partial charge on any atom is 0.251 e. The lowest BCUT2D eigenvalue weighted by atomic mass is 10.0. The normalized spacial score (nSPS) is 14.3. The first-order valence-corrected chi connectivity index (χ1v) is 7.33. The fourth-order valence-electron chi connectivity index (χ4n) is 2.39. The lowest BCUT2D eigenvalue weighted by Gasteiger charge is -2.27. The third-order valence-corrected chi connectivity index (χ3v) is 4.47. The molecule has 0 saturated heterocycles. The summed E-state index contributed by atoms with van der Waals surface area (Å²) in [6.07, 6.45) is 3.19. The summed E-state index contributed by atoms with van der Waals surface area (Å²) in [4.78, 5) is 26.2. The highest BCUT2D eigenvalue weighted by Gasteiger charge is 2.27. The van der Waals surface area contributed by atoms with E-state index in [1.807, 2.05) is 4.90 Å². The van der Waals surface area contributed by atoms with E-state index in [-0.39, 0.29) is 5.91 Å². The summed E-state index contributed by atoms with van der Waals surface area (Å²) in [7, 11) is 0. The molecule has 0 atom stereocenters. The summed E-state index contributed by atoms with van der Waals surface area (Å²) in [5, 5.41) is 0.473. The first kappa shape index (κ1) is 13.9. The molecule has 19 heavy (non-hydrogen) atoms. The Hall–Kier alpha value is -1.56. The highest BCUT2D eigenvalue weighted by Crippen LogP contribution is 2.34. The summed E-state index contributed by atoms with van der Waals surface area (Å²) >= 11 is 1.37. The number of fused-ring (bicyclic) bond motifs is 1. The maximum atomic E-state index is 12.0. The van der Waals surface area contributed by atoms with Crippen LogP contribution in [0.2, 0.25) is 0 Å². The molecule has 0 aliphatic carbocycles. The Kier molecular flexibility index (Phi) is 4.09. The Morgan fingerprint density at radius 2 is 2.16 bits per heavy atom. The van der Waals surface area contributed by atoms with Gasteiger partial charge in [0.25, 0.3) is 5.91 Å². The number of nitrogens with zero attached hydrogens (tertiary/aromatic N) is 1. The minimum Gasteiger partial charge on any atom is -0.390 e. The second kappa shape index (κ2) is 5.61. The molecule has 0 spiro atoms. The molecular formula is C13H19N3O2S. The number of rotatable bonds is 4. The summed E-state index contributed by atoms with van der Waals surface area (Å²) in [5.74, 6) is -0.291. The van der Waals surface area contributed by atoms with E-state index in [1.165, 1.54) is 11.3 Å². The van der Waals surface area contributed by atoms with Crippen molar-refractivity contribution in [2.24, 2.45) is 5.73 Å². The van der Waals surface area contributed by atoms with Crippen molar-refractivity contribution in [3.8, 4) is 0 Å². The average Bonchev–Trinajstić information content (AvgIpc) is 2.70. The number of unbranched alkanes of at least 4 members (excludes halogenated alkanes) is 1. The van der Waals surface area contributed by atoms with Crippen LogP contribution in [0.3, 0.4) is 0 Å². The Morgan fingerprint density at radius 1 is 1.42 bits per heavy atom. The van der Waals surface area contributed by atoms with Crippen LogP contribution in [0.25, 0.3) is 0 Å².